The van der Waals surface area contributed by atoms with Crippen LogP contribution in [-0.4, -0.2) is 6.54 Å². The van der Waals surface area contributed by atoms with E-state index in [1.165, 1.54) is 0 Å². The van der Waals surface area contributed by atoms with Crippen LogP contribution in [0.5, 0.6) is 0 Å². The quantitative estimate of drug-likeness (QED) is 0.764. The van der Waals surface area contributed by atoms with Gasteiger partial charge in [0.05, 0.1) is 6.04 Å². The molecule has 1 atom stereocenters. The summed E-state index contributed by atoms with van der Waals surface area (Å²) in [5.41, 5.74) is 3.00. The highest BCUT2D eigenvalue weighted by Crippen LogP contribution is 2.35. The Kier molecular flexibility index (Phi) is 5.34. The minimum atomic E-state index is -0.0707. The first-order valence-electron chi connectivity index (χ1n) is 6.48. The van der Waals surface area contributed by atoms with Crippen LogP contribution in [0.3, 0.4) is 0 Å². The molecule has 0 heterocycles. The van der Waals surface area contributed by atoms with Crippen molar-refractivity contribution in [3.05, 3.63) is 68.2 Å². The number of hydrogen-bond donors (Lipinski definition) is 1. The van der Waals surface area contributed by atoms with E-state index in [0.717, 1.165) is 28.3 Å². The summed E-state index contributed by atoms with van der Waals surface area (Å²) < 4.78 is 0. The Hall–Kier alpha value is -0.730. The zero-order chi connectivity index (χ0) is 14.7. The summed E-state index contributed by atoms with van der Waals surface area (Å²) in [6.07, 6.45) is 0. The highest BCUT2D eigenvalue weighted by atomic mass is 35.5. The lowest BCUT2D eigenvalue weighted by Crippen LogP contribution is -2.22. The first-order valence-corrected chi connectivity index (χ1v) is 7.61. The predicted octanol–water partition coefficient (Wildman–Crippen LogP) is 5.65. The van der Waals surface area contributed by atoms with Crippen LogP contribution < -0.4 is 5.32 Å². The van der Waals surface area contributed by atoms with Gasteiger partial charge in [-0.3, -0.25) is 0 Å². The Morgan fingerprint density at radius 2 is 1.80 bits per heavy atom. The van der Waals surface area contributed by atoms with Crippen LogP contribution in [0.2, 0.25) is 15.1 Å². The van der Waals surface area contributed by atoms with Crippen molar-refractivity contribution in [3.8, 4) is 0 Å². The second kappa shape index (κ2) is 6.82. The van der Waals surface area contributed by atoms with Crippen LogP contribution in [0.15, 0.2) is 36.4 Å². The van der Waals surface area contributed by atoms with E-state index < -0.39 is 0 Å². The molecule has 0 aromatic heterocycles. The molecule has 0 aliphatic heterocycles. The van der Waals surface area contributed by atoms with Gasteiger partial charge in [0.2, 0.25) is 0 Å². The SMILES string of the molecule is CCNC(c1cc(Cl)ccc1Cl)c1cccc(C)c1Cl. The third-order valence-electron chi connectivity index (χ3n) is 3.21. The average Bonchev–Trinajstić information content (AvgIpc) is 2.43. The molecule has 0 aliphatic carbocycles. The van der Waals surface area contributed by atoms with Gasteiger partial charge in [-0.25, -0.2) is 0 Å². The molecule has 2 rings (SSSR count). The van der Waals surface area contributed by atoms with Crippen LogP contribution in [0.4, 0.5) is 0 Å². The standard InChI is InChI=1S/C16H16Cl3N/c1-3-20-16(12-6-4-5-10(2)15(12)19)13-9-11(17)7-8-14(13)18/h4-9,16,20H,3H2,1-2H3. The van der Waals surface area contributed by atoms with Gasteiger partial charge in [-0.2, -0.15) is 0 Å². The van der Waals surface area contributed by atoms with Crippen LogP contribution >= 0.6 is 34.8 Å². The first kappa shape index (κ1) is 15.7. The molecule has 2 aromatic rings. The Bertz CT molecular complexity index is 609. The monoisotopic (exact) mass is 327 g/mol. The zero-order valence-corrected chi connectivity index (χ0v) is 13.7. The maximum Gasteiger partial charge on any atom is 0.0606 e. The van der Waals surface area contributed by atoms with E-state index in [9.17, 15) is 0 Å². The van der Waals surface area contributed by atoms with E-state index in [1.54, 1.807) is 6.07 Å². The third kappa shape index (κ3) is 3.29. The molecule has 0 fully saturated rings. The van der Waals surface area contributed by atoms with Gasteiger partial charge >= 0.3 is 0 Å². The van der Waals surface area contributed by atoms with Crippen molar-refractivity contribution in [2.75, 3.05) is 6.54 Å². The van der Waals surface area contributed by atoms with Gasteiger partial charge in [0, 0.05) is 15.1 Å². The fraction of sp³-hybridized carbons (Fsp3) is 0.250. The van der Waals surface area contributed by atoms with Gasteiger partial charge < -0.3 is 5.32 Å². The predicted molar refractivity (Wildman–Crippen MR) is 88.2 cm³/mol. The lowest BCUT2D eigenvalue weighted by Gasteiger charge is -2.22. The Morgan fingerprint density at radius 1 is 1.05 bits per heavy atom. The molecule has 0 aliphatic rings. The van der Waals surface area contributed by atoms with Crippen molar-refractivity contribution in [2.45, 2.75) is 19.9 Å². The highest BCUT2D eigenvalue weighted by Gasteiger charge is 2.19. The number of hydrogen-bond acceptors (Lipinski definition) is 1. The molecule has 0 saturated carbocycles. The Labute approximate surface area is 134 Å². The van der Waals surface area contributed by atoms with Crippen molar-refractivity contribution in [3.63, 3.8) is 0 Å². The van der Waals surface area contributed by atoms with Gasteiger partial charge in [0.25, 0.3) is 0 Å². The zero-order valence-electron chi connectivity index (χ0n) is 11.4. The molecule has 4 heteroatoms. The van der Waals surface area contributed by atoms with E-state index in [4.69, 9.17) is 34.8 Å². The molecule has 20 heavy (non-hydrogen) atoms. The normalized spacial score (nSPS) is 12.4. The molecule has 1 unspecified atom stereocenters. The highest BCUT2D eigenvalue weighted by molar-refractivity contribution is 6.34. The molecule has 1 nitrogen and oxygen atoms in total. The first-order chi connectivity index (χ1) is 9.54. The van der Waals surface area contributed by atoms with Gasteiger partial charge in [0.1, 0.15) is 0 Å². The molecular weight excluding hydrogens is 313 g/mol. The maximum atomic E-state index is 6.45. The van der Waals surface area contributed by atoms with Crippen molar-refractivity contribution >= 4 is 34.8 Å². The minimum Gasteiger partial charge on any atom is -0.306 e. The van der Waals surface area contributed by atoms with E-state index in [-0.39, 0.29) is 6.04 Å². The van der Waals surface area contributed by atoms with Crippen molar-refractivity contribution in [2.24, 2.45) is 0 Å². The van der Waals surface area contributed by atoms with E-state index in [2.05, 4.69) is 12.2 Å². The summed E-state index contributed by atoms with van der Waals surface area (Å²) in [5.74, 6) is 0. The number of benzene rings is 2. The number of rotatable bonds is 4. The minimum absolute atomic E-state index is 0.0707. The molecular formula is C16H16Cl3N. The van der Waals surface area contributed by atoms with Crippen molar-refractivity contribution in [1.82, 2.24) is 5.32 Å². The molecule has 0 spiro atoms. The van der Waals surface area contributed by atoms with Gasteiger partial charge in [-0.05, 0) is 48.4 Å². The largest absolute Gasteiger partial charge is 0.306 e. The Balaban J connectivity index is 2.56. The second-order valence-electron chi connectivity index (χ2n) is 4.63. The molecule has 1 N–H and O–H groups in total. The van der Waals surface area contributed by atoms with Crippen LogP contribution in [0, 0.1) is 6.92 Å². The summed E-state index contributed by atoms with van der Waals surface area (Å²) >= 11 is 18.9. The molecule has 0 amide bonds. The fourth-order valence-corrected chi connectivity index (χ4v) is 2.86. The molecule has 0 radical (unpaired) electrons. The summed E-state index contributed by atoms with van der Waals surface area (Å²) in [7, 11) is 0. The van der Waals surface area contributed by atoms with Crippen molar-refractivity contribution in [1.29, 1.82) is 0 Å². The molecule has 0 saturated heterocycles. The van der Waals surface area contributed by atoms with E-state index in [0.29, 0.717) is 10.0 Å². The van der Waals surface area contributed by atoms with Crippen LogP contribution in [-0.2, 0) is 0 Å². The van der Waals surface area contributed by atoms with Gasteiger partial charge in [0.15, 0.2) is 0 Å². The Morgan fingerprint density at radius 3 is 2.50 bits per heavy atom. The smallest absolute Gasteiger partial charge is 0.0606 e. The average molecular weight is 329 g/mol. The molecule has 106 valence electrons. The van der Waals surface area contributed by atoms with Gasteiger partial charge in [-0.1, -0.05) is 59.9 Å². The van der Waals surface area contributed by atoms with Gasteiger partial charge in [-0.15, -0.1) is 0 Å². The number of aryl methyl sites for hydroxylation is 1. The lowest BCUT2D eigenvalue weighted by atomic mass is 9.97. The topological polar surface area (TPSA) is 12.0 Å². The number of halogens is 3. The molecule has 0 bridgehead atoms. The maximum absolute atomic E-state index is 6.45. The van der Waals surface area contributed by atoms with E-state index in [1.807, 2.05) is 37.3 Å². The summed E-state index contributed by atoms with van der Waals surface area (Å²) in [5, 5.41) is 5.52. The van der Waals surface area contributed by atoms with Crippen molar-refractivity contribution < 1.29 is 0 Å². The second-order valence-corrected chi connectivity index (χ2v) is 5.86. The number of nitrogens with one attached hydrogen (secondary N) is 1. The summed E-state index contributed by atoms with van der Waals surface area (Å²) in [6.45, 7) is 4.85. The fourth-order valence-electron chi connectivity index (χ4n) is 2.22. The van der Waals surface area contributed by atoms with Crippen LogP contribution in [0.1, 0.15) is 29.7 Å². The summed E-state index contributed by atoms with van der Waals surface area (Å²) in [4.78, 5) is 0. The summed E-state index contributed by atoms with van der Waals surface area (Å²) in [6, 6.07) is 11.4. The molecule has 2 aromatic carbocycles. The third-order valence-corrected chi connectivity index (χ3v) is 4.31. The van der Waals surface area contributed by atoms with Crippen LogP contribution in [0.25, 0.3) is 0 Å². The van der Waals surface area contributed by atoms with E-state index >= 15 is 0 Å². The lowest BCUT2D eigenvalue weighted by molar-refractivity contribution is 0.630.